The van der Waals surface area contributed by atoms with E-state index in [0.717, 1.165) is 13.2 Å². The molecule has 0 aromatic rings. The quantitative estimate of drug-likeness (QED) is 0.511. The van der Waals surface area contributed by atoms with Crippen molar-refractivity contribution in [2.75, 3.05) is 13.2 Å². The second-order valence-electron chi connectivity index (χ2n) is 7.76. The summed E-state index contributed by atoms with van der Waals surface area (Å²) in [6.07, 6.45) is 2.46. The predicted octanol–water partition coefficient (Wildman–Crippen LogP) is 5.28. The minimum Gasteiger partial charge on any atom is -0.417 e. The average molecular weight is 305 g/mol. The third kappa shape index (κ3) is 9.82. The lowest BCUT2D eigenvalue weighted by Crippen LogP contribution is -2.40. The largest absolute Gasteiger partial charge is 0.417 e. The minimum absolute atomic E-state index is 0.135. The molecule has 0 N–H and O–H groups in total. The highest BCUT2D eigenvalue weighted by Gasteiger charge is 2.29. The first kappa shape index (κ1) is 19.4. The molecule has 0 aromatic carbocycles. The van der Waals surface area contributed by atoms with E-state index in [-0.39, 0.29) is 5.41 Å². The summed E-state index contributed by atoms with van der Waals surface area (Å²) in [7, 11) is -2.89. The van der Waals surface area contributed by atoms with Crippen LogP contribution in [0.25, 0.3) is 0 Å². The highest BCUT2D eigenvalue weighted by Crippen LogP contribution is 2.24. The van der Waals surface area contributed by atoms with Crippen LogP contribution < -0.4 is 0 Å². The summed E-state index contributed by atoms with van der Waals surface area (Å²) in [4.78, 5) is 0. The maximum atomic E-state index is 6.23. The van der Waals surface area contributed by atoms with Crippen molar-refractivity contribution < 1.29 is 8.85 Å². The van der Waals surface area contributed by atoms with Gasteiger partial charge in [-0.05, 0) is 38.3 Å². The minimum atomic E-state index is -1.45. The smallest absolute Gasteiger partial charge is 0.186 e. The van der Waals surface area contributed by atoms with Crippen LogP contribution >= 0.6 is 0 Å². The van der Waals surface area contributed by atoms with Crippen molar-refractivity contribution in [3.63, 3.8) is 0 Å². The molecule has 0 aliphatic rings. The molecule has 19 heavy (non-hydrogen) atoms. The Morgan fingerprint density at radius 3 is 1.32 bits per heavy atom. The molecular formula is C15H36O2Si2. The molecule has 0 aromatic heterocycles. The summed E-state index contributed by atoms with van der Waals surface area (Å²) in [6, 6.07) is 2.50. The molecule has 0 bridgehead atoms. The van der Waals surface area contributed by atoms with Gasteiger partial charge in [-0.2, -0.15) is 0 Å². The van der Waals surface area contributed by atoms with Crippen molar-refractivity contribution in [3.05, 3.63) is 0 Å². The van der Waals surface area contributed by atoms with Crippen LogP contribution in [-0.2, 0) is 8.85 Å². The summed E-state index contributed by atoms with van der Waals surface area (Å²) in [5.74, 6) is 0. The number of rotatable bonds is 10. The molecule has 0 unspecified atom stereocenters. The standard InChI is InChI=1S/C15H36O2Si2/c1-9-11-18(5,6)16-13-15(3,4)14-17-19(7,8)12-10-2/h9-14H2,1-8H3. The van der Waals surface area contributed by atoms with E-state index in [2.05, 4.69) is 53.9 Å². The molecule has 0 atom stereocenters. The Kier molecular flexibility index (Phi) is 8.11. The van der Waals surface area contributed by atoms with E-state index in [1.165, 1.54) is 24.9 Å². The molecule has 116 valence electrons. The lowest BCUT2D eigenvalue weighted by atomic mass is 9.97. The van der Waals surface area contributed by atoms with E-state index >= 15 is 0 Å². The third-order valence-electron chi connectivity index (χ3n) is 3.41. The van der Waals surface area contributed by atoms with Gasteiger partial charge in [0.05, 0.1) is 0 Å². The van der Waals surface area contributed by atoms with Gasteiger partial charge in [-0.1, -0.05) is 40.5 Å². The van der Waals surface area contributed by atoms with Crippen molar-refractivity contribution in [1.82, 2.24) is 0 Å². The maximum Gasteiger partial charge on any atom is 0.186 e. The van der Waals surface area contributed by atoms with Gasteiger partial charge in [0, 0.05) is 18.6 Å². The molecule has 0 aliphatic heterocycles. The van der Waals surface area contributed by atoms with Crippen LogP contribution in [0.1, 0.15) is 40.5 Å². The molecule has 4 heteroatoms. The SMILES string of the molecule is CCC[Si](C)(C)OCC(C)(C)CO[Si](C)(C)CCC. The van der Waals surface area contributed by atoms with Crippen LogP contribution in [0, 0.1) is 5.41 Å². The van der Waals surface area contributed by atoms with Gasteiger partial charge in [-0.25, -0.2) is 0 Å². The molecule has 0 aliphatic carbocycles. The molecule has 0 rings (SSSR count). The second kappa shape index (κ2) is 7.96. The zero-order valence-electron chi connectivity index (χ0n) is 14.6. The first-order chi connectivity index (χ1) is 8.54. The highest BCUT2D eigenvalue weighted by atomic mass is 28.4. The zero-order valence-corrected chi connectivity index (χ0v) is 16.6. The van der Waals surface area contributed by atoms with Crippen LogP contribution in [0.3, 0.4) is 0 Å². The summed E-state index contributed by atoms with van der Waals surface area (Å²) in [6.45, 7) is 20.0. The summed E-state index contributed by atoms with van der Waals surface area (Å²) >= 11 is 0. The topological polar surface area (TPSA) is 18.5 Å². The molecule has 0 spiro atoms. The van der Waals surface area contributed by atoms with Crippen molar-refractivity contribution in [3.8, 4) is 0 Å². The van der Waals surface area contributed by atoms with Gasteiger partial charge in [-0.15, -0.1) is 0 Å². The van der Waals surface area contributed by atoms with Gasteiger partial charge in [0.2, 0.25) is 0 Å². The lowest BCUT2D eigenvalue weighted by molar-refractivity contribution is 0.101. The van der Waals surface area contributed by atoms with Crippen LogP contribution in [0.15, 0.2) is 0 Å². The normalized spacial score (nSPS) is 13.9. The molecule has 2 nitrogen and oxygen atoms in total. The van der Waals surface area contributed by atoms with Crippen molar-refractivity contribution in [2.24, 2.45) is 5.41 Å². The maximum absolute atomic E-state index is 6.23. The molecule has 0 fully saturated rings. The van der Waals surface area contributed by atoms with Crippen LogP contribution in [-0.4, -0.2) is 29.8 Å². The molecule has 0 amide bonds. The molecule has 0 saturated heterocycles. The lowest BCUT2D eigenvalue weighted by Gasteiger charge is -2.33. The Morgan fingerprint density at radius 2 is 1.05 bits per heavy atom. The fourth-order valence-corrected chi connectivity index (χ4v) is 6.43. The third-order valence-corrected chi connectivity index (χ3v) is 8.67. The molecule has 0 radical (unpaired) electrons. The Labute approximate surface area is 123 Å². The number of hydrogen-bond acceptors (Lipinski definition) is 2. The second-order valence-corrected chi connectivity index (χ2v) is 16.4. The van der Waals surface area contributed by atoms with E-state index in [9.17, 15) is 0 Å². The molecule has 0 heterocycles. The van der Waals surface area contributed by atoms with Gasteiger partial charge in [0.15, 0.2) is 16.6 Å². The van der Waals surface area contributed by atoms with Crippen molar-refractivity contribution >= 4 is 16.6 Å². The zero-order chi connectivity index (χ0) is 15.2. The van der Waals surface area contributed by atoms with E-state index in [0.29, 0.717) is 0 Å². The Balaban J connectivity index is 4.18. The van der Waals surface area contributed by atoms with E-state index in [1.54, 1.807) is 0 Å². The number of hydrogen-bond donors (Lipinski definition) is 0. The van der Waals surface area contributed by atoms with E-state index < -0.39 is 16.6 Å². The van der Waals surface area contributed by atoms with Gasteiger partial charge in [0.25, 0.3) is 0 Å². The summed E-state index contributed by atoms with van der Waals surface area (Å²) < 4.78 is 12.5. The van der Waals surface area contributed by atoms with Crippen molar-refractivity contribution in [2.45, 2.75) is 78.8 Å². The van der Waals surface area contributed by atoms with Gasteiger partial charge in [-0.3, -0.25) is 0 Å². The Hall–Kier alpha value is 0.354. The summed E-state index contributed by atoms with van der Waals surface area (Å²) in [5, 5.41) is 0. The first-order valence-corrected chi connectivity index (χ1v) is 14.0. The fourth-order valence-electron chi connectivity index (χ4n) is 2.17. The van der Waals surface area contributed by atoms with Crippen LogP contribution in [0.5, 0.6) is 0 Å². The van der Waals surface area contributed by atoms with Gasteiger partial charge >= 0.3 is 0 Å². The monoisotopic (exact) mass is 304 g/mol. The van der Waals surface area contributed by atoms with Crippen LogP contribution in [0.4, 0.5) is 0 Å². The average Bonchev–Trinajstić information content (AvgIpc) is 2.25. The van der Waals surface area contributed by atoms with Crippen molar-refractivity contribution in [1.29, 1.82) is 0 Å². The molecular weight excluding hydrogens is 268 g/mol. The fraction of sp³-hybridized carbons (Fsp3) is 1.00. The van der Waals surface area contributed by atoms with Gasteiger partial charge < -0.3 is 8.85 Å². The highest BCUT2D eigenvalue weighted by molar-refractivity contribution is 6.71. The van der Waals surface area contributed by atoms with Crippen LogP contribution in [0.2, 0.25) is 38.3 Å². The Morgan fingerprint density at radius 1 is 0.737 bits per heavy atom. The summed E-state index contributed by atoms with van der Waals surface area (Å²) in [5.41, 5.74) is 0.135. The Bertz CT molecular complexity index is 227. The van der Waals surface area contributed by atoms with E-state index in [1.807, 2.05) is 0 Å². The van der Waals surface area contributed by atoms with E-state index in [4.69, 9.17) is 8.85 Å². The predicted molar refractivity (Wildman–Crippen MR) is 90.8 cm³/mol. The first-order valence-electron chi connectivity index (χ1n) is 7.81. The van der Waals surface area contributed by atoms with Gasteiger partial charge in [0.1, 0.15) is 0 Å². The molecule has 0 saturated carbocycles.